The first-order valence-electron chi connectivity index (χ1n) is 7.55. The molecule has 1 aromatic carbocycles. The Labute approximate surface area is 126 Å². The van der Waals surface area contributed by atoms with Crippen molar-refractivity contribution in [3.05, 3.63) is 54.0 Å². The number of nitrogens with one attached hydrogen (secondary N) is 1. The molecule has 1 aromatic heterocycles. The highest BCUT2D eigenvalue weighted by atomic mass is 16.5. The monoisotopic (exact) mass is 285 g/mol. The molecule has 1 N–H and O–H groups in total. The second-order valence-corrected chi connectivity index (χ2v) is 4.90. The van der Waals surface area contributed by atoms with E-state index < -0.39 is 0 Å². The third-order valence-electron chi connectivity index (χ3n) is 3.25. The summed E-state index contributed by atoms with van der Waals surface area (Å²) in [6, 6.07) is 12.7. The Hall–Kier alpha value is -1.94. The molecule has 4 heteroatoms. The minimum absolute atomic E-state index is 0.260. The van der Waals surface area contributed by atoms with E-state index in [1.54, 1.807) is 6.33 Å². The van der Waals surface area contributed by atoms with Gasteiger partial charge in [0.1, 0.15) is 6.33 Å². The molecule has 0 amide bonds. The van der Waals surface area contributed by atoms with Crippen LogP contribution in [-0.4, -0.2) is 23.1 Å². The van der Waals surface area contributed by atoms with E-state index in [0.29, 0.717) is 12.5 Å². The van der Waals surface area contributed by atoms with Gasteiger partial charge in [0.05, 0.1) is 6.61 Å². The van der Waals surface area contributed by atoms with Crippen LogP contribution in [0.15, 0.2) is 42.7 Å². The zero-order valence-electron chi connectivity index (χ0n) is 12.7. The fraction of sp³-hybridized carbons (Fsp3) is 0.412. The third-order valence-corrected chi connectivity index (χ3v) is 3.25. The lowest BCUT2D eigenvalue weighted by Gasteiger charge is -2.18. The van der Waals surface area contributed by atoms with Crippen molar-refractivity contribution in [3.63, 3.8) is 0 Å². The van der Waals surface area contributed by atoms with E-state index in [4.69, 9.17) is 4.74 Å². The van der Waals surface area contributed by atoms with Crippen LogP contribution in [0, 0.1) is 0 Å². The maximum absolute atomic E-state index is 5.44. The van der Waals surface area contributed by atoms with Crippen LogP contribution in [0.2, 0.25) is 0 Å². The van der Waals surface area contributed by atoms with Gasteiger partial charge < -0.3 is 10.1 Å². The molecule has 1 heterocycles. The van der Waals surface area contributed by atoms with Crippen LogP contribution >= 0.6 is 0 Å². The Bertz CT molecular complexity index is 531. The van der Waals surface area contributed by atoms with Crippen molar-refractivity contribution in [1.29, 1.82) is 0 Å². The Kier molecular flexibility index (Phi) is 6.16. The minimum Gasteiger partial charge on any atom is -0.478 e. The van der Waals surface area contributed by atoms with Crippen molar-refractivity contribution in [2.24, 2.45) is 0 Å². The Morgan fingerprint density at radius 3 is 2.67 bits per heavy atom. The van der Waals surface area contributed by atoms with Gasteiger partial charge in [0.25, 0.3) is 0 Å². The first kappa shape index (κ1) is 15.4. The number of ether oxygens (including phenoxy) is 1. The van der Waals surface area contributed by atoms with Crippen molar-refractivity contribution in [2.45, 2.75) is 32.7 Å². The summed E-state index contributed by atoms with van der Waals surface area (Å²) in [5.74, 6) is 0.643. The fourth-order valence-corrected chi connectivity index (χ4v) is 2.24. The lowest BCUT2D eigenvalue weighted by Crippen LogP contribution is -2.24. The van der Waals surface area contributed by atoms with Crippen molar-refractivity contribution in [1.82, 2.24) is 15.3 Å². The molecule has 0 radical (unpaired) electrons. The number of rotatable bonds is 8. The number of hydrogen-bond acceptors (Lipinski definition) is 4. The molecular formula is C17H23N3O. The number of benzene rings is 1. The molecule has 4 nitrogen and oxygen atoms in total. The minimum atomic E-state index is 0.260. The maximum atomic E-state index is 5.44. The molecule has 112 valence electrons. The second kappa shape index (κ2) is 8.37. The quantitative estimate of drug-likeness (QED) is 0.809. The second-order valence-electron chi connectivity index (χ2n) is 4.90. The molecule has 21 heavy (non-hydrogen) atoms. The van der Waals surface area contributed by atoms with Crippen LogP contribution in [-0.2, 0) is 6.42 Å². The van der Waals surface area contributed by atoms with E-state index in [-0.39, 0.29) is 6.04 Å². The van der Waals surface area contributed by atoms with E-state index >= 15 is 0 Å². The molecule has 2 aromatic rings. The fourth-order valence-electron chi connectivity index (χ4n) is 2.24. The summed E-state index contributed by atoms with van der Waals surface area (Å²) in [5, 5.41) is 3.58. The molecule has 0 spiro atoms. The lowest BCUT2D eigenvalue weighted by molar-refractivity contribution is 0.325. The third kappa shape index (κ3) is 4.83. The van der Waals surface area contributed by atoms with E-state index in [9.17, 15) is 0 Å². The summed E-state index contributed by atoms with van der Waals surface area (Å²) in [6.45, 7) is 5.74. The number of aromatic nitrogens is 2. The van der Waals surface area contributed by atoms with Crippen molar-refractivity contribution >= 4 is 0 Å². The number of hydrogen-bond donors (Lipinski definition) is 1. The summed E-state index contributed by atoms with van der Waals surface area (Å²) in [4.78, 5) is 8.48. The first-order valence-corrected chi connectivity index (χ1v) is 7.55. The van der Waals surface area contributed by atoms with Gasteiger partial charge in [0.15, 0.2) is 0 Å². The number of nitrogens with zero attached hydrogens (tertiary/aromatic N) is 2. The van der Waals surface area contributed by atoms with E-state index in [2.05, 4.69) is 46.5 Å². The Balaban J connectivity index is 2.12. The van der Waals surface area contributed by atoms with Gasteiger partial charge in [-0.05, 0) is 25.5 Å². The van der Waals surface area contributed by atoms with Gasteiger partial charge in [0.2, 0.25) is 5.88 Å². The smallest absolute Gasteiger partial charge is 0.216 e. The molecular weight excluding hydrogens is 262 g/mol. The highest BCUT2D eigenvalue weighted by Gasteiger charge is 2.12. The highest BCUT2D eigenvalue weighted by Crippen LogP contribution is 2.18. The van der Waals surface area contributed by atoms with Gasteiger partial charge in [-0.15, -0.1) is 0 Å². The summed E-state index contributed by atoms with van der Waals surface area (Å²) in [5.41, 5.74) is 2.27. The van der Waals surface area contributed by atoms with Gasteiger partial charge in [-0.1, -0.05) is 37.3 Å². The topological polar surface area (TPSA) is 47.0 Å². The van der Waals surface area contributed by atoms with Crippen molar-refractivity contribution in [2.75, 3.05) is 13.2 Å². The van der Waals surface area contributed by atoms with Crippen molar-refractivity contribution < 1.29 is 4.74 Å². The van der Waals surface area contributed by atoms with Crippen LogP contribution < -0.4 is 10.1 Å². The molecule has 1 atom stereocenters. The van der Waals surface area contributed by atoms with Gasteiger partial charge in [-0.3, -0.25) is 0 Å². The lowest BCUT2D eigenvalue weighted by atomic mass is 10.0. The predicted molar refractivity (Wildman–Crippen MR) is 84.4 cm³/mol. The average Bonchev–Trinajstić information content (AvgIpc) is 2.53. The average molecular weight is 285 g/mol. The van der Waals surface area contributed by atoms with Gasteiger partial charge >= 0.3 is 0 Å². The van der Waals surface area contributed by atoms with E-state index in [0.717, 1.165) is 25.1 Å². The van der Waals surface area contributed by atoms with Crippen LogP contribution in [0.3, 0.4) is 0 Å². The predicted octanol–water partition coefficient (Wildman–Crippen LogP) is 3.16. The standard InChI is InChI=1S/C17H23N3O/c1-3-10-18-16(14-8-6-5-7-9-14)11-15-12-17(21-4-2)20-13-19-15/h5-9,12-13,16,18H,3-4,10-11H2,1-2H3. The summed E-state index contributed by atoms with van der Waals surface area (Å²) < 4.78 is 5.44. The van der Waals surface area contributed by atoms with Gasteiger partial charge in [0, 0.05) is 24.2 Å². The summed E-state index contributed by atoms with van der Waals surface area (Å²) in [7, 11) is 0. The summed E-state index contributed by atoms with van der Waals surface area (Å²) in [6.07, 6.45) is 3.51. The zero-order chi connectivity index (χ0) is 14.9. The molecule has 2 rings (SSSR count). The molecule has 0 fully saturated rings. The Morgan fingerprint density at radius 2 is 1.95 bits per heavy atom. The molecule has 0 saturated heterocycles. The van der Waals surface area contributed by atoms with Gasteiger partial charge in [-0.2, -0.15) is 0 Å². The molecule has 0 aliphatic rings. The Morgan fingerprint density at radius 1 is 1.14 bits per heavy atom. The molecule has 1 unspecified atom stereocenters. The molecule has 0 aliphatic carbocycles. The van der Waals surface area contributed by atoms with Gasteiger partial charge in [-0.25, -0.2) is 9.97 Å². The van der Waals surface area contributed by atoms with Crippen LogP contribution in [0.5, 0.6) is 5.88 Å². The molecule has 0 aliphatic heterocycles. The highest BCUT2D eigenvalue weighted by molar-refractivity contribution is 5.22. The molecule has 0 bridgehead atoms. The SMILES string of the molecule is CCCNC(Cc1cc(OCC)ncn1)c1ccccc1. The van der Waals surface area contributed by atoms with Crippen LogP contribution in [0.1, 0.15) is 37.6 Å². The maximum Gasteiger partial charge on any atom is 0.216 e. The largest absolute Gasteiger partial charge is 0.478 e. The summed E-state index contributed by atoms with van der Waals surface area (Å²) >= 11 is 0. The van der Waals surface area contributed by atoms with E-state index in [1.165, 1.54) is 5.56 Å². The van der Waals surface area contributed by atoms with Crippen molar-refractivity contribution in [3.8, 4) is 5.88 Å². The van der Waals surface area contributed by atoms with Crippen LogP contribution in [0.4, 0.5) is 0 Å². The van der Waals surface area contributed by atoms with Crippen LogP contribution in [0.25, 0.3) is 0 Å². The zero-order valence-corrected chi connectivity index (χ0v) is 12.7. The first-order chi connectivity index (χ1) is 10.3. The van der Waals surface area contributed by atoms with E-state index in [1.807, 2.05) is 19.1 Å². The normalized spacial score (nSPS) is 12.1. The molecule has 0 saturated carbocycles.